The zero-order chi connectivity index (χ0) is 26.3. The number of nitrogens with zero attached hydrogens (tertiary/aromatic N) is 5. The van der Waals surface area contributed by atoms with Gasteiger partial charge in [-0.2, -0.15) is 18.2 Å². The molecule has 4 rings (SSSR count). The van der Waals surface area contributed by atoms with Crippen LogP contribution in [-0.4, -0.2) is 67.1 Å². The molecule has 3 heterocycles. The Kier molecular flexibility index (Phi) is 9.09. The Morgan fingerprint density at radius 1 is 1.08 bits per heavy atom. The molecule has 198 valence electrons. The molecular formula is C26H31F3N6OS. The van der Waals surface area contributed by atoms with Crippen molar-refractivity contribution in [3.05, 3.63) is 54.2 Å². The van der Waals surface area contributed by atoms with Gasteiger partial charge in [-0.25, -0.2) is 9.97 Å². The van der Waals surface area contributed by atoms with Crippen LogP contribution in [0.3, 0.4) is 0 Å². The van der Waals surface area contributed by atoms with Crippen LogP contribution < -0.4 is 15.1 Å². The molecule has 0 saturated carbocycles. The number of aromatic nitrogens is 3. The van der Waals surface area contributed by atoms with Gasteiger partial charge in [-0.1, -0.05) is 19.1 Å². The third-order valence-electron chi connectivity index (χ3n) is 5.95. The van der Waals surface area contributed by atoms with E-state index >= 15 is 0 Å². The van der Waals surface area contributed by atoms with Gasteiger partial charge in [0.1, 0.15) is 11.6 Å². The third-order valence-corrected chi connectivity index (χ3v) is 6.67. The van der Waals surface area contributed by atoms with Crippen molar-refractivity contribution in [1.29, 1.82) is 0 Å². The van der Waals surface area contributed by atoms with Crippen molar-refractivity contribution < 1.29 is 17.9 Å². The van der Waals surface area contributed by atoms with Crippen LogP contribution in [0.15, 0.2) is 53.6 Å². The van der Waals surface area contributed by atoms with E-state index in [-0.39, 0.29) is 5.82 Å². The van der Waals surface area contributed by atoms with Crippen LogP contribution in [0.1, 0.15) is 18.9 Å². The number of nitrogens with one attached hydrogen (secondary N) is 1. The van der Waals surface area contributed by atoms with Gasteiger partial charge in [0.25, 0.3) is 0 Å². The van der Waals surface area contributed by atoms with Crippen LogP contribution in [-0.2, 0) is 10.9 Å². The maximum Gasteiger partial charge on any atom is 0.419 e. The van der Waals surface area contributed by atoms with Crippen molar-refractivity contribution in [3.8, 4) is 11.3 Å². The second kappa shape index (κ2) is 12.5. The zero-order valence-electron chi connectivity index (χ0n) is 21.0. The fraction of sp³-hybridized carbons (Fsp3) is 0.423. The van der Waals surface area contributed by atoms with E-state index in [9.17, 15) is 13.2 Å². The average Bonchev–Trinajstić information content (AvgIpc) is 2.92. The van der Waals surface area contributed by atoms with E-state index in [0.29, 0.717) is 64.1 Å². The van der Waals surface area contributed by atoms with Crippen LogP contribution >= 0.6 is 11.8 Å². The number of ether oxygens (including phenoxy) is 1. The Labute approximate surface area is 219 Å². The lowest BCUT2D eigenvalue weighted by Crippen LogP contribution is -2.37. The highest BCUT2D eigenvalue weighted by Gasteiger charge is 2.35. The predicted molar refractivity (Wildman–Crippen MR) is 143 cm³/mol. The summed E-state index contributed by atoms with van der Waals surface area (Å²) in [5, 5.41) is 3.31. The lowest BCUT2D eigenvalue weighted by molar-refractivity contribution is -0.137. The quantitative estimate of drug-likeness (QED) is 0.346. The molecule has 0 spiro atoms. The highest BCUT2D eigenvalue weighted by molar-refractivity contribution is 7.98. The second-order valence-corrected chi connectivity index (χ2v) is 9.44. The summed E-state index contributed by atoms with van der Waals surface area (Å²) >= 11 is 1.66. The van der Waals surface area contributed by atoms with Crippen molar-refractivity contribution in [3.63, 3.8) is 0 Å². The molecule has 37 heavy (non-hydrogen) atoms. The number of hydrogen-bond acceptors (Lipinski definition) is 8. The normalized spacial score (nSPS) is 14.0. The molecule has 0 bridgehead atoms. The number of halogens is 3. The average molecular weight is 533 g/mol. The van der Waals surface area contributed by atoms with E-state index in [4.69, 9.17) is 14.7 Å². The Morgan fingerprint density at radius 3 is 2.62 bits per heavy atom. The molecule has 1 N–H and O–H groups in total. The summed E-state index contributed by atoms with van der Waals surface area (Å²) in [5.74, 6) is 1.17. The number of anilines is 3. The van der Waals surface area contributed by atoms with E-state index < -0.39 is 11.7 Å². The minimum atomic E-state index is -4.47. The van der Waals surface area contributed by atoms with Gasteiger partial charge in [-0.15, -0.1) is 11.8 Å². The summed E-state index contributed by atoms with van der Waals surface area (Å²) in [6.45, 7) is 5.71. The van der Waals surface area contributed by atoms with Crippen LogP contribution in [0, 0.1) is 0 Å². The minimum absolute atomic E-state index is 0.0510. The minimum Gasteiger partial charge on any atom is -0.378 e. The van der Waals surface area contributed by atoms with Crippen molar-refractivity contribution in [2.75, 3.05) is 67.3 Å². The largest absolute Gasteiger partial charge is 0.419 e. The van der Waals surface area contributed by atoms with E-state index in [1.807, 2.05) is 37.4 Å². The summed E-state index contributed by atoms with van der Waals surface area (Å²) in [6.07, 6.45) is -0.352. The lowest BCUT2D eigenvalue weighted by Gasteiger charge is -2.28. The third kappa shape index (κ3) is 7.04. The number of pyridine rings is 1. The van der Waals surface area contributed by atoms with Gasteiger partial charge in [0.15, 0.2) is 0 Å². The molecule has 7 nitrogen and oxygen atoms in total. The number of hydrogen-bond donors (Lipinski definition) is 1. The number of rotatable bonds is 10. The van der Waals surface area contributed by atoms with Crippen molar-refractivity contribution in [2.24, 2.45) is 0 Å². The molecule has 0 atom stereocenters. The molecule has 2 aromatic heterocycles. The van der Waals surface area contributed by atoms with E-state index in [2.05, 4.69) is 21.3 Å². The Morgan fingerprint density at radius 2 is 1.89 bits per heavy atom. The SMILES string of the molecule is CCCN(CCNc1cc(-c2cccc(SC)c2)nc(N2CCOCC2)n1)c1ncccc1C(F)(F)F. The van der Waals surface area contributed by atoms with Gasteiger partial charge in [-0.3, -0.25) is 0 Å². The fourth-order valence-corrected chi connectivity index (χ4v) is 4.60. The maximum atomic E-state index is 13.6. The Balaban J connectivity index is 1.57. The molecule has 3 aromatic rings. The van der Waals surface area contributed by atoms with E-state index in [0.717, 1.165) is 22.2 Å². The topological polar surface area (TPSA) is 66.4 Å². The molecule has 0 unspecified atom stereocenters. The number of alkyl halides is 3. The molecule has 1 saturated heterocycles. The number of benzene rings is 1. The van der Waals surface area contributed by atoms with Crippen molar-refractivity contribution >= 4 is 29.3 Å². The first-order valence-electron chi connectivity index (χ1n) is 12.3. The summed E-state index contributed by atoms with van der Waals surface area (Å²) in [6, 6.07) is 12.4. The molecule has 11 heteroatoms. The standard InChI is InChI=1S/C26H31F3N6OS/c1-3-11-34(24-21(26(27,28)29)8-5-9-31-24)12-10-30-23-18-22(19-6-4-7-20(17-19)37-2)32-25(33-23)35-13-15-36-16-14-35/h4-9,17-18H,3,10-16H2,1-2H3,(H,30,32,33). The predicted octanol–water partition coefficient (Wildman–Crippen LogP) is 5.44. The molecular weight excluding hydrogens is 501 g/mol. The smallest absolute Gasteiger partial charge is 0.378 e. The van der Waals surface area contributed by atoms with Crippen LogP contribution in [0.25, 0.3) is 11.3 Å². The van der Waals surface area contributed by atoms with Gasteiger partial charge >= 0.3 is 6.18 Å². The highest BCUT2D eigenvalue weighted by Crippen LogP contribution is 2.35. The summed E-state index contributed by atoms with van der Waals surface area (Å²) in [5.41, 5.74) is 1.03. The van der Waals surface area contributed by atoms with E-state index in [1.54, 1.807) is 16.7 Å². The van der Waals surface area contributed by atoms with Crippen LogP contribution in [0.5, 0.6) is 0 Å². The molecule has 1 aromatic carbocycles. The molecule has 1 aliphatic rings. The highest BCUT2D eigenvalue weighted by atomic mass is 32.2. The first-order chi connectivity index (χ1) is 17.9. The Hall–Kier alpha value is -3.05. The van der Waals surface area contributed by atoms with Gasteiger partial charge in [0, 0.05) is 55.4 Å². The monoisotopic (exact) mass is 532 g/mol. The van der Waals surface area contributed by atoms with Crippen molar-refractivity contribution in [2.45, 2.75) is 24.4 Å². The van der Waals surface area contributed by atoms with Crippen LogP contribution in [0.4, 0.5) is 30.8 Å². The number of morpholine rings is 1. The van der Waals surface area contributed by atoms with Gasteiger partial charge in [0.2, 0.25) is 5.95 Å². The fourth-order valence-electron chi connectivity index (χ4n) is 4.14. The maximum absolute atomic E-state index is 13.6. The van der Waals surface area contributed by atoms with Crippen molar-refractivity contribution in [1.82, 2.24) is 15.0 Å². The molecule has 0 radical (unpaired) electrons. The molecule has 0 aliphatic carbocycles. The van der Waals surface area contributed by atoms with Gasteiger partial charge in [0.05, 0.1) is 24.5 Å². The van der Waals surface area contributed by atoms with Gasteiger partial charge < -0.3 is 19.9 Å². The van der Waals surface area contributed by atoms with Crippen LogP contribution in [0.2, 0.25) is 0 Å². The molecule has 1 aliphatic heterocycles. The summed E-state index contributed by atoms with van der Waals surface area (Å²) in [4.78, 5) is 18.5. The zero-order valence-corrected chi connectivity index (χ0v) is 21.8. The first-order valence-corrected chi connectivity index (χ1v) is 13.5. The lowest BCUT2D eigenvalue weighted by atomic mass is 10.1. The van der Waals surface area contributed by atoms with E-state index in [1.165, 1.54) is 12.3 Å². The Bertz CT molecular complexity index is 1170. The second-order valence-electron chi connectivity index (χ2n) is 8.56. The number of thioether (sulfide) groups is 1. The summed E-state index contributed by atoms with van der Waals surface area (Å²) < 4.78 is 46.3. The summed E-state index contributed by atoms with van der Waals surface area (Å²) in [7, 11) is 0. The first kappa shape index (κ1) is 27.0. The van der Waals surface area contributed by atoms with Gasteiger partial charge in [-0.05, 0) is 36.9 Å². The molecule has 1 fully saturated rings. The molecule has 0 amide bonds.